The van der Waals surface area contributed by atoms with E-state index in [1.165, 1.54) is 6.07 Å². The topological polar surface area (TPSA) is 172 Å². The molecule has 0 aromatic heterocycles. The minimum absolute atomic E-state index is 0.0240. The fraction of sp³-hybridized carbons (Fsp3) is 0.500. The Hall–Kier alpha value is -4.99. The van der Waals surface area contributed by atoms with Crippen molar-refractivity contribution < 1.29 is 49.0 Å². The van der Waals surface area contributed by atoms with E-state index in [-0.39, 0.29) is 61.5 Å². The Balaban J connectivity index is 1.38. The van der Waals surface area contributed by atoms with Crippen molar-refractivity contribution in [2.24, 2.45) is 11.8 Å². The molecule has 0 saturated heterocycles. The van der Waals surface area contributed by atoms with Crippen LogP contribution in [0.2, 0.25) is 0 Å². The van der Waals surface area contributed by atoms with Gasteiger partial charge in [0.2, 0.25) is 0 Å². The molecule has 0 amide bonds. The number of carbonyl (C=O) groups excluding carboxylic acids is 3. The summed E-state index contributed by atoms with van der Waals surface area (Å²) in [5.41, 5.74) is 2.81. The van der Waals surface area contributed by atoms with Crippen LogP contribution in [0.3, 0.4) is 0 Å². The van der Waals surface area contributed by atoms with Gasteiger partial charge in [-0.25, -0.2) is 4.79 Å². The van der Waals surface area contributed by atoms with E-state index in [1.54, 1.807) is 26.2 Å². The average molecular weight is 834 g/mol. The zero-order valence-corrected chi connectivity index (χ0v) is 35.5. The van der Waals surface area contributed by atoms with Gasteiger partial charge in [-0.05, 0) is 104 Å². The molecule has 3 aromatic carbocycles. The standard InChI is InChI=1S/C50H59NO10/c1-4-15-50(58)40-13-14-43(53)38(23-40)19-32-9-5-7-31(18-32)8-6-10-36-22-34(37-20-33(29-52)21-41(24-37)51-30-49(2,57)16-17-59-3)11-12-35-27-47(55)60-45-28-44(54)39(25-42(35)45)26-46(50)61-48(36)56/h5,7,9-10,18,20-21,24-25,28,34-35,38,40,46,51-52,54,57-58H,4,6,8,13-17,19,22-23,26-27,29-30H2,1-3H3. The number of fused-ring (bicyclic) bond motifs is 8. The lowest BCUT2D eigenvalue weighted by molar-refractivity contribution is -0.176. The summed E-state index contributed by atoms with van der Waals surface area (Å²) in [5, 5.41) is 49.3. The van der Waals surface area contributed by atoms with Crippen LogP contribution in [-0.2, 0) is 49.7 Å². The minimum atomic E-state index is -1.55. The molecule has 1 fully saturated rings. The Kier molecular flexibility index (Phi) is 13.7. The first-order chi connectivity index (χ1) is 29.3. The maximum Gasteiger partial charge on any atom is 0.334 e. The number of carbonyl (C=O) groups is 3. The summed E-state index contributed by atoms with van der Waals surface area (Å²) >= 11 is 0. The molecule has 7 atom stereocenters. The van der Waals surface area contributed by atoms with Gasteiger partial charge in [-0.15, -0.1) is 0 Å². The number of aromatic hydroxyl groups is 1. The van der Waals surface area contributed by atoms with Crippen LogP contribution in [0.5, 0.6) is 11.5 Å². The van der Waals surface area contributed by atoms with Gasteiger partial charge in [0.15, 0.2) is 0 Å². The molecule has 8 bridgehead atoms. The molecular formula is C50H59NO10. The molecule has 0 radical (unpaired) electrons. The first kappa shape index (κ1) is 44.1. The Morgan fingerprint density at radius 3 is 2.57 bits per heavy atom. The normalized spacial score (nSPS) is 26.3. The lowest BCUT2D eigenvalue weighted by Crippen LogP contribution is -2.54. The van der Waals surface area contributed by atoms with Gasteiger partial charge in [-0.3, -0.25) is 9.59 Å². The van der Waals surface area contributed by atoms with E-state index in [0.717, 1.165) is 11.1 Å². The van der Waals surface area contributed by atoms with Crippen LogP contribution in [0, 0.1) is 23.7 Å². The van der Waals surface area contributed by atoms with Crippen molar-refractivity contribution in [3.63, 3.8) is 0 Å². The van der Waals surface area contributed by atoms with Crippen molar-refractivity contribution in [2.75, 3.05) is 25.6 Å². The van der Waals surface area contributed by atoms with Crippen molar-refractivity contribution in [3.05, 3.63) is 99.6 Å². The van der Waals surface area contributed by atoms with Crippen LogP contribution in [0.15, 0.2) is 66.2 Å². The number of rotatable bonds is 10. The minimum Gasteiger partial charge on any atom is -0.508 e. The zero-order valence-electron chi connectivity index (χ0n) is 35.5. The number of phenols is 1. The number of benzene rings is 3. The molecule has 5 N–H and O–H groups in total. The van der Waals surface area contributed by atoms with E-state index in [4.69, 9.17) is 14.2 Å². The van der Waals surface area contributed by atoms with Crippen LogP contribution >= 0.6 is 0 Å². The van der Waals surface area contributed by atoms with Gasteiger partial charge in [-0.1, -0.05) is 61.6 Å². The molecule has 3 heterocycles. The van der Waals surface area contributed by atoms with Crippen molar-refractivity contribution in [1.82, 2.24) is 0 Å². The second-order valence-corrected chi connectivity index (χ2v) is 17.8. The van der Waals surface area contributed by atoms with Crippen molar-refractivity contribution in [3.8, 4) is 23.3 Å². The number of aryl methyl sites for hydroxylation is 1. The Morgan fingerprint density at radius 1 is 0.984 bits per heavy atom. The Bertz CT molecular complexity index is 2220. The Morgan fingerprint density at radius 2 is 1.79 bits per heavy atom. The smallest absolute Gasteiger partial charge is 0.334 e. The predicted molar refractivity (Wildman–Crippen MR) is 230 cm³/mol. The third-order valence-electron chi connectivity index (χ3n) is 13.0. The van der Waals surface area contributed by atoms with E-state index in [1.807, 2.05) is 43.3 Å². The van der Waals surface area contributed by atoms with Crippen LogP contribution < -0.4 is 10.1 Å². The molecule has 4 aliphatic rings. The molecule has 1 saturated carbocycles. The van der Waals surface area contributed by atoms with Gasteiger partial charge in [-0.2, -0.15) is 0 Å². The summed E-state index contributed by atoms with van der Waals surface area (Å²) in [6, 6.07) is 16.9. The SMILES string of the molecule is CCCC1(O)C2CCC(=O)C(Cc3cccc(c3)CCC=C3CC(c4cc(CO)cc(NCC(C)(O)CCOC)c4)C#CC4CC(=O)Oc5cc(O)c(cc54)CC1OC3=O)C2. The maximum atomic E-state index is 14.9. The molecule has 11 heteroatoms. The van der Waals surface area contributed by atoms with Crippen molar-refractivity contribution in [1.29, 1.82) is 0 Å². The highest BCUT2D eigenvalue weighted by Crippen LogP contribution is 2.45. The van der Waals surface area contributed by atoms with E-state index in [2.05, 4.69) is 23.2 Å². The number of ketones is 1. The molecule has 7 unspecified atom stereocenters. The largest absolute Gasteiger partial charge is 0.508 e. The first-order valence-corrected chi connectivity index (χ1v) is 21.8. The molecule has 0 spiro atoms. The van der Waals surface area contributed by atoms with E-state index in [0.29, 0.717) is 97.9 Å². The van der Waals surface area contributed by atoms with Gasteiger partial charge in [0, 0.05) is 74.3 Å². The summed E-state index contributed by atoms with van der Waals surface area (Å²) in [4.78, 5) is 41.4. The number of Topliss-reactive ketones (excluding diaryl/α,β-unsaturated/α-hetero) is 1. The number of anilines is 1. The average Bonchev–Trinajstić information content (AvgIpc) is 3.24. The number of aliphatic hydroxyl groups excluding tert-OH is 1. The molecule has 11 nitrogen and oxygen atoms in total. The second kappa shape index (κ2) is 19.0. The highest BCUT2D eigenvalue weighted by molar-refractivity contribution is 5.89. The fourth-order valence-corrected chi connectivity index (χ4v) is 9.59. The number of methoxy groups -OCH3 is 1. The fourth-order valence-electron chi connectivity index (χ4n) is 9.59. The van der Waals surface area contributed by atoms with Crippen LogP contribution in [0.4, 0.5) is 5.69 Å². The maximum absolute atomic E-state index is 14.9. The zero-order chi connectivity index (χ0) is 43.3. The van der Waals surface area contributed by atoms with E-state index < -0.39 is 41.1 Å². The third kappa shape index (κ3) is 10.4. The summed E-state index contributed by atoms with van der Waals surface area (Å²) in [6.07, 6.45) is 4.93. The number of esters is 2. The number of allylic oxidation sites excluding steroid dienone is 1. The quantitative estimate of drug-likeness (QED) is 0.0832. The van der Waals surface area contributed by atoms with Gasteiger partial charge >= 0.3 is 11.9 Å². The summed E-state index contributed by atoms with van der Waals surface area (Å²) < 4.78 is 17.4. The van der Waals surface area contributed by atoms with Gasteiger partial charge in [0.1, 0.15) is 29.0 Å². The van der Waals surface area contributed by atoms with E-state index >= 15 is 0 Å². The number of nitrogens with one attached hydrogen (secondary N) is 1. The Labute approximate surface area is 358 Å². The number of hydrogen-bond acceptors (Lipinski definition) is 11. The number of phenolic OH excluding ortho intramolecular Hbond substituents is 1. The first-order valence-electron chi connectivity index (χ1n) is 21.8. The van der Waals surface area contributed by atoms with Crippen molar-refractivity contribution >= 4 is 23.4 Å². The summed E-state index contributed by atoms with van der Waals surface area (Å²) in [5.74, 6) is 3.95. The second-order valence-electron chi connectivity index (χ2n) is 17.8. The number of ether oxygens (including phenoxy) is 3. The molecule has 3 aromatic rings. The summed E-state index contributed by atoms with van der Waals surface area (Å²) in [6.45, 7) is 4.00. The van der Waals surface area contributed by atoms with Gasteiger partial charge in [0.25, 0.3) is 0 Å². The van der Waals surface area contributed by atoms with E-state index in [9.17, 15) is 34.8 Å². The molecule has 7 rings (SSSR count). The molecular weight excluding hydrogens is 775 g/mol. The lowest BCUT2D eigenvalue weighted by Gasteiger charge is -2.45. The number of aliphatic hydroxyl groups is 3. The van der Waals surface area contributed by atoms with Gasteiger partial charge < -0.3 is 40.0 Å². The van der Waals surface area contributed by atoms with Crippen molar-refractivity contribution in [2.45, 2.75) is 127 Å². The highest BCUT2D eigenvalue weighted by atomic mass is 16.6. The van der Waals surface area contributed by atoms with Crippen LogP contribution in [0.1, 0.15) is 117 Å². The molecule has 324 valence electrons. The predicted octanol–water partition coefficient (Wildman–Crippen LogP) is 6.75. The van der Waals surface area contributed by atoms with Crippen LogP contribution in [0.25, 0.3) is 0 Å². The lowest BCUT2D eigenvalue weighted by atomic mass is 9.66. The monoisotopic (exact) mass is 833 g/mol. The highest BCUT2D eigenvalue weighted by Gasteiger charge is 2.49. The molecule has 61 heavy (non-hydrogen) atoms. The van der Waals surface area contributed by atoms with Gasteiger partial charge in [0.05, 0.1) is 24.5 Å². The van der Waals surface area contributed by atoms with Crippen LogP contribution in [-0.4, -0.2) is 75.7 Å². The molecule has 1 aliphatic carbocycles. The number of hydrogen-bond donors (Lipinski definition) is 5. The third-order valence-corrected chi connectivity index (χ3v) is 13.0. The molecule has 3 aliphatic heterocycles. The summed E-state index contributed by atoms with van der Waals surface area (Å²) in [7, 11) is 1.58.